The summed E-state index contributed by atoms with van der Waals surface area (Å²) in [6.07, 6.45) is 58.2. The van der Waals surface area contributed by atoms with Crippen molar-refractivity contribution in [1.82, 2.24) is 5.32 Å². The van der Waals surface area contributed by atoms with Crippen LogP contribution in [0.25, 0.3) is 0 Å². The third-order valence-corrected chi connectivity index (χ3v) is 12.3. The molecule has 0 aliphatic rings. The first-order chi connectivity index (χ1) is 32.1. The largest absolute Gasteiger partial charge is 0.480 e. The number of carboxylic acid groups (broad SMARTS) is 1. The Kier molecular flexibility index (Phi) is 46.6. The van der Waals surface area contributed by atoms with E-state index in [-0.39, 0.29) is 12.8 Å². The molecule has 0 aliphatic heterocycles. The molecule has 0 saturated carbocycles. The Bertz CT molecular complexity index is 1350. The van der Waals surface area contributed by atoms with Gasteiger partial charge in [-0.3, -0.25) is 18.6 Å². The Balaban J connectivity index is 3.84. The molecule has 0 aliphatic carbocycles. The number of phosphoric ester groups is 1. The molecule has 0 saturated heterocycles. The van der Waals surface area contributed by atoms with Crippen LogP contribution >= 0.6 is 7.82 Å². The highest BCUT2D eigenvalue weighted by atomic mass is 31.2. The lowest BCUT2D eigenvalue weighted by molar-refractivity contribution is -0.147. The number of aliphatic carboxylic acids is 1. The molecule has 0 bridgehead atoms. The van der Waals surface area contributed by atoms with Gasteiger partial charge in [0.15, 0.2) is 6.04 Å². The smallest absolute Gasteiger partial charge is 0.472 e. The monoisotopic (exact) mass is 950 g/mol. The molecule has 12 heteroatoms. The van der Waals surface area contributed by atoms with Crippen LogP contribution in [0.3, 0.4) is 0 Å². The Morgan fingerprint density at radius 2 is 0.879 bits per heavy atom. The molecule has 0 rings (SSSR count). The van der Waals surface area contributed by atoms with Gasteiger partial charge in [0.25, 0.3) is 0 Å². The predicted molar refractivity (Wildman–Crippen MR) is 272 cm³/mol. The lowest BCUT2D eigenvalue weighted by Gasteiger charge is -2.18. The minimum atomic E-state index is -4.77. The third-order valence-electron chi connectivity index (χ3n) is 11.3. The summed E-state index contributed by atoms with van der Waals surface area (Å²) in [6.45, 7) is 2.48. The van der Waals surface area contributed by atoms with Crippen molar-refractivity contribution in [3.63, 3.8) is 0 Å². The minimum Gasteiger partial charge on any atom is -0.480 e. The van der Waals surface area contributed by atoms with Gasteiger partial charge in [0, 0.05) is 12.8 Å². The standard InChI is InChI=1S/C54H96NO10P/c1-3-5-7-9-11-13-15-17-19-21-23-24-25-26-28-29-31-33-35-37-39-41-43-45-52(57)55-51(54(59)60)49-65-66(61,62)64-48-50(56)47-63-53(58)46-44-42-40-38-36-34-32-30-27-22-20-18-16-14-12-10-8-6-4-2/h6,8,12,14,18,20,27,30,34,36,50-51,56H,3-5,7,9-11,13,15-17,19,21-26,28-29,31-33,35,37-49H2,1-2H3,(H,55,57)(H,59,60)(H,61,62)/b8-6-,14-12-,20-18-,30-27-,36-34-. The van der Waals surface area contributed by atoms with Crippen molar-refractivity contribution in [2.45, 2.75) is 244 Å². The number of hydrogen-bond donors (Lipinski definition) is 4. The van der Waals surface area contributed by atoms with Crippen LogP contribution in [0.5, 0.6) is 0 Å². The molecule has 3 unspecified atom stereocenters. The van der Waals surface area contributed by atoms with Gasteiger partial charge >= 0.3 is 19.8 Å². The Morgan fingerprint density at radius 3 is 1.32 bits per heavy atom. The molecule has 0 aromatic rings. The van der Waals surface area contributed by atoms with E-state index in [0.717, 1.165) is 70.6 Å². The maximum atomic E-state index is 12.4. The summed E-state index contributed by atoms with van der Waals surface area (Å²) in [7, 11) is -4.77. The van der Waals surface area contributed by atoms with Crippen LogP contribution < -0.4 is 5.32 Å². The number of aliphatic hydroxyl groups excluding tert-OH is 1. The number of esters is 1. The van der Waals surface area contributed by atoms with E-state index in [9.17, 15) is 34.1 Å². The van der Waals surface area contributed by atoms with E-state index in [1.165, 1.54) is 122 Å². The topological polar surface area (TPSA) is 169 Å². The SMILES string of the molecule is CC/C=C\C/C=C\C/C=C\C/C=C\C/C=C\CCCCCC(=O)OCC(O)COP(=O)(O)OCC(NC(=O)CCCCCCCCCCCCCCCCCCCCCCCCC)C(=O)O. The van der Waals surface area contributed by atoms with Gasteiger partial charge in [-0.25, -0.2) is 9.36 Å². The van der Waals surface area contributed by atoms with Crippen LogP contribution in [-0.2, 0) is 32.7 Å². The van der Waals surface area contributed by atoms with Gasteiger partial charge in [0.05, 0.1) is 13.2 Å². The van der Waals surface area contributed by atoms with Crippen LogP contribution in [0.15, 0.2) is 60.8 Å². The number of phosphoric acid groups is 1. The summed E-state index contributed by atoms with van der Waals surface area (Å²) in [4.78, 5) is 46.1. The van der Waals surface area contributed by atoms with Gasteiger partial charge in [0.2, 0.25) is 5.91 Å². The number of ether oxygens (including phenoxy) is 1. The fourth-order valence-electron chi connectivity index (χ4n) is 7.28. The van der Waals surface area contributed by atoms with E-state index in [4.69, 9.17) is 13.8 Å². The van der Waals surface area contributed by atoms with Crippen LogP contribution in [0.4, 0.5) is 0 Å². The molecule has 0 fully saturated rings. The lowest BCUT2D eigenvalue weighted by Crippen LogP contribution is -2.43. The summed E-state index contributed by atoms with van der Waals surface area (Å²) >= 11 is 0. The molecular formula is C54H96NO10P. The first-order valence-electron chi connectivity index (χ1n) is 26.3. The van der Waals surface area contributed by atoms with Gasteiger partial charge < -0.3 is 25.2 Å². The van der Waals surface area contributed by atoms with Gasteiger partial charge in [-0.2, -0.15) is 0 Å². The van der Waals surface area contributed by atoms with Crippen LogP contribution in [-0.4, -0.2) is 64.9 Å². The normalized spacial score (nSPS) is 14.0. The highest BCUT2D eigenvalue weighted by Crippen LogP contribution is 2.43. The van der Waals surface area contributed by atoms with E-state index in [0.29, 0.717) is 12.8 Å². The zero-order valence-corrected chi connectivity index (χ0v) is 42.6. The number of hydrogen-bond acceptors (Lipinski definition) is 8. The second-order valence-corrected chi connectivity index (χ2v) is 19.1. The van der Waals surface area contributed by atoms with Gasteiger partial charge in [-0.1, -0.05) is 222 Å². The minimum absolute atomic E-state index is 0.145. The first kappa shape index (κ1) is 63.2. The Morgan fingerprint density at radius 1 is 0.500 bits per heavy atom. The fourth-order valence-corrected chi connectivity index (χ4v) is 8.06. The van der Waals surface area contributed by atoms with E-state index in [1.54, 1.807) is 0 Å². The molecule has 0 aromatic heterocycles. The average molecular weight is 950 g/mol. The van der Waals surface area contributed by atoms with Crippen LogP contribution in [0.2, 0.25) is 0 Å². The van der Waals surface area contributed by atoms with Crippen molar-refractivity contribution >= 4 is 25.7 Å². The van der Waals surface area contributed by atoms with E-state index in [1.807, 2.05) is 0 Å². The van der Waals surface area contributed by atoms with Crippen molar-refractivity contribution in [1.29, 1.82) is 0 Å². The number of unbranched alkanes of at least 4 members (excludes halogenated alkanes) is 25. The quantitative estimate of drug-likeness (QED) is 0.0199. The number of carbonyl (C=O) groups excluding carboxylic acids is 2. The third kappa shape index (κ3) is 47.7. The summed E-state index contributed by atoms with van der Waals surface area (Å²) in [5.74, 6) is -2.40. The Labute approximate surface area is 402 Å². The van der Waals surface area contributed by atoms with Gasteiger partial charge in [-0.05, 0) is 57.8 Å². The summed E-state index contributed by atoms with van der Waals surface area (Å²) < 4.78 is 26.9. The van der Waals surface area contributed by atoms with Crippen molar-refractivity contribution in [2.24, 2.45) is 0 Å². The van der Waals surface area contributed by atoms with E-state index in [2.05, 4.69) is 79.9 Å². The molecule has 0 radical (unpaired) electrons. The number of allylic oxidation sites excluding steroid dienone is 10. The molecule has 66 heavy (non-hydrogen) atoms. The molecule has 0 spiro atoms. The maximum absolute atomic E-state index is 12.4. The van der Waals surface area contributed by atoms with Crippen molar-refractivity contribution < 1.29 is 47.8 Å². The van der Waals surface area contributed by atoms with Gasteiger partial charge in [0.1, 0.15) is 12.7 Å². The molecule has 4 N–H and O–H groups in total. The van der Waals surface area contributed by atoms with E-state index >= 15 is 0 Å². The summed E-state index contributed by atoms with van der Waals surface area (Å²) in [5.41, 5.74) is 0. The Hall–Kier alpha value is -2.82. The summed E-state index contributed by atoms with van der Waals surface area (Å²) in [5, 5.41) is 21.9. The van der Waals surface area contributed by atoms with Crippen LogP contribution in [0.1, 0.15) is 232 Å². The zero-order chi connectivity index (χ0) is 48.4. The molecular weight excluding hydrogens is 854 g/mol. The maximum Gasteiger partial charge on any atom is 0.472 e. The number of rotatable bonds is 49. The van der Waals surface area contributed by atoms with Crippen molar-refractivity contribution in [3.05, 3.63) is 60.8 Å². The van der Waals surface area contributed by atoms with Crippen LogP contribution in [0, 0.1) is 0 Å². The van der Waals surface area contributed by atoms with Crippen molar-refractivity contribution in [3.8, 4) is 0 Å². The molecule has 0 aromatic carbocycles. The molecule has 11 nitrogen and oxygen atoms in total. The highest BCUT2D eigenvalue weighted by Gasteiger charge is 2.28. The second-order valence-electron chi connectivity index (χ2n) is 17.7. The van der Waals surface area contributed by atoms with Crippen molar-refractivity contribution in [2.75, 3.05) is 19.8 Å². The zero-order valence-electron chi connectivity index (χ0n) is 41.7. The number of amides is 1. The first-order valence-corrected chi connectivity index (χ1v) is 27.8. The molecule has 3 atom stereocenters. The predicted octanol–water partition coefficient (Wildman–Crippen LogP) is 14.7. The number of carboxylic acids is 1. The number of nitrogens with one attached hydrogen (secondary N) is 1. The summed E-state index contributed by atoms with van der Waals surface area (Å²) in [6, 6.07) is -1.55. The average Bonchev–Trinajstić information content (AvgIpc) is 3.29. The second kappa shape index (κ2) is 48.6. The van der Waals surface area contributed by atoms with Gasteiger partial charge in [-0.15, -0.1) is 0 Å². The highest BCUT2D eigenvalue weighted by molar-refractivity contribution is 7.47. The molecule has 382 valence electrons. The number of carbonyl (C=O) groups is 3. The van der Waals surface area contributed by atoms with E-state index < -0.39 is 57.6 Å². The molecule has 0 heterocycles. The molecule has 1 amide bonds. The fraction of sp³-hybridized carbons (Fsp3) is 0.759. The number of aliphatic hydroxyl groups is 1. The lowest BCUT2D eigenvalue weighted by atomic mass is 10.0.